The van der Waals surface area contributed by atoms with Gasteiger partial charge >= 0.3 is 0 Å². The molecule has 0 amide bonds. The SMILES string of the molecule is CC(C)(C)[Si](C)(C)Oc1cc(F)cc(CO)c1. The van der Waals surface area contributed by atoms with Gasteiger partial charge in [0.2, 0.25) is 8.32 Å². The maximum absolute atomic E-state index is 13.3. The first-order valence-corrected chi connectivity index (χ1v) is 8.66. The van der Waals surface area contributed by atoms with E-state index in [2.05, 4.69) is 33.9 Å². The van der Waals surface area contributed by atoms with Crippen LogP contribution in [0.5, 0.6) is 5.75 Å². The first-order valence-electron chi connectivity index (χ1n) is 5.75. The standard InChI is InChI=1S/C13H21FO2Si/c1-13(2,3)17(4,5)16-12-7-10(9-15)6-11(14)8-12/h6-8,15H,9H2,1-5H3. The largest absolute Gasteiger partial charge is 0.543 e. The molecule has 17 heavy (non-hydrogen) atoms. The summed E-state index contributed by atoms with van der Waals surface area (Å²) >= 11 is 0. The first kappa shape index (κ1) is 14.2. The van der Waals surface area contributed by atoms with E-state index < -0.39 is 8.32 Å². The van der Waals surface area contributed by atoms with Crippen LogP contribution < -0.4 is 4.43 Å². The molecule has 1 rings (SSSR count). The lowest BCUT2D eigenvalue weighted by Crippen LogP contribution is -2.43. The van der Waals surface area contributed by atoms with Crippen molar-refractivity contribution in [1.29, 1.82) is 0 Å². The molecule has 1 N–H and O–H groups in total. The lowest BCUT2D eigenvalue weighted by Gasteiger charge is -2.36. The number of benzene rings is 1. The van der Waals surface area contributed by atoms with Crippen LogP contribution in [0.25, 0.3) is 0 Å². The minimum Gasteiger partial charge on any atom is -0.543 e. The van der Waals surface area contributed by atoms with Crippen LogP contribution in [0, 0.1) is 5.82 Å². The molecular formula is C13H21FO2Si. The second-order valence-corrected chi connectivity index (χ2v) is 10.5. The van der Waals surface area contributed by atoms with Crippen LogP contribution in [0.4, 0.5) is 4.39 Å². The van der Waals surface area contributed by atoms with Gasteiger partial charge in [-0.05, 0) is 35.8 Å². The van der Waals surface area contributed by atoms with Crippen molar-refractivity contribution in [1.82, 2.24) is 0 Å². The molecule has 2 nitrogen and oxygen atoms in total. The number of hydrogen-bond donors (Lipinski definition) is 1. The van der Waals surface area contributed by atoms with Crippen LogP contribution in [0.3, 0.4) is 0 Å². The molecule has 0 aliphatic carbocycles. The van der Waals surface area contributed by atoms with Crippen LogP contribution >= 0.6 is 0 Å². The smallest absolute Gasteiger partial charge is 0.250 e. The highest BCUT2D eigenvalue weighted by Crippen LogP contribution is 2.37. The highest BCUT2D eigenvalue weighted by molar-refractivity contribution is 6.74. The Bertz CT molecular complexity index is 397. The molecule has 0 atom stereocenters. The Kier molecular flexibility index (Phi) is 3.99. The topological polar surface area (TPSA) is 29.5 Å². The molecule has 0 unspecified atom stereocenters. The second-order valence-electron chi connectivity index (χ2n) is 5.82. The lowest BCUT2D eigenvalue weighted by molar-refractivity contribution is 0.280. The van der Waals surface area contributed by atoms with E-state index in [1.165, 1.54) is 12.1 Å². The average molecular weight is 256 g/mol. The number of aliphatic hydroxyl groups is 1. The molecule has 0 fully saturated rings. The fourth-order valence-corrected chi connectivity index (χ4v) is 2.23. The van der Waals surface area contributed by atoms with E-state index in [4.69, 9.17) is 9.53 Å². The van der Waals surface area contributed by atoms with E-state index in [0.29, 0.717) is 11.3 Å². The molecule has 96 valence electrons. The summed E-state index contributed by atoms with van der Waals surface area (Å²) in [5.41, 5.74) is 0.540. The number of halogens is 1. The van der Waals surface area contributed by atoms with Crippen LogP contribution in [0.15, 0.2) is 18.2 Å². The molecule has 0 radical (unpaired) electrons. The molecule has 0 heterocycles. The molecule has 0 aromatic heterocycles. The van der Waals surface area contributed by atoms with Crippen molar-refractivity contribution in [2.45, 2.75) is 45.5 Å². The highest BCUT2D eigenvalue weighted by atomic mass is 28.4. The van der Waals surface area contributed by atoms with E-state index in [1.807, 2.05) is 0 Å². The van der Waals surface area contributed by atoms with E-state index in [9.17, 15) is 4.39 Å². The predicted octanol–water partition coefficient (Wildman–Crippen LogP) is 3.70. The molecular weight excluding hydrogens is 235 g/mol. The fraction of sp³-hybridized carbons (Fsp3) is 0.538. The van der Waals surface area contributed by atoms with Gasteiger partial charge in [-0.1, -0.05) is 20.8 Å². The zero-order chi connectivity index (χ0) is 13.3. The Labute approximate surface area is 104 Å². The summed E-state index contributed by atoms with van der Waals surface area (Å²) in [7, 11) is -1.95. The Hall–Kier alpha value is -0.873. The molecule has 0 aliphatic rings. The third-order valence-electron chi connectivity index (χ3n) is 3.29. The molecule has 4 heteroatoms. The first-order chi connectivity index (χ1) is 7.65. The van der Waals surface area contributed by atoms with Gasteiger partial charge in [0, 0.05) is 6.07 Å². The molecule has 0 bridgehead atoms. The quantitative estimate of drug-likeness (QED) is 0.836. The second kappa shape index (κ2) is 4.78. The average Bonchev–Trinajstić information content (AvgIpc) is 2.14. The summed E-state index contributed by atoms with van der Waals surface area (Å²) in [5, 5.41) is 9.10. The maximum Gasteiger partial charge on any atom is 0.250 e. The van der Waals surface area contributed by atoms with Crippen molar-refractivity contribution in [3.05, 3.63) is 29.6 Å². The predicted molar refractivity (Wildman–Crippen MR) is 70.1 cm³/mol. The molecule has 0 saturated carbocycles. The summed E-state index contributed by atoms with van der Waals surface area (Å²) in [6.45, 7) is 10.4. The number of aliphatic hydroxyl groups excluding tert-OH is 1. The van der Waals surface area contributed by atoms with E-state index in [1.54, 1.807) is 6.07 Å². The monoisotopic (exact) mass is 256 g/mol. The lowest BCUT2D eigenvalue weighted by atomic mass is 10.2. The van der Waals surface area contributed by atoms with Gasteiger partial charge in [-0.15, -0.1) is 0 Å². The Morgan fingerprint density at radius 3 is 2.29 bits per heavy atom. The minimum atomic E-state index is -1.95. The van der Waals surface area contributed by atoms with Crippen LogP contribution in [-0.2, 0) is 6.61 Å². The molecule has 0 spiro atoms. The van der Waals surface area contributed by atoms with Gasteiger partial charge in [0.25, 0.3) is 0 Å². The Morgan fingerprint density at radius 1 is 1.24 bits per heavy atom. The van der Waals surface area contributed by atoms with Gasteiger partial charge in [-0.3, -0.25) is 0 Å². The normalized spacial score (nSPS) is 12.6. The minimum absolute atomic E-state index is 0.0682. The van der Waals surface area contributed by atoms with E-state index in [0.717, 1.165) is 0 Å². The van der Waals surface area contributed by atoms with Gasteiger partial charge in [0.05, 0.1) is 6.61 Å². The third kappa shape index (κ3) is 3.54. The molecule has 1 aromatic carbocycles. The maximum atomic E-state index is 13.3. The van der Waals surface area contributed by atoms with Crippen molar-refractivity contribution in [3.8, 4) is 5.75 Å². The number of rotatable bonds is 3. The summed E-state index contributed by atoms with van der Waals surface area (Å²) in [5.74, 6) is 0.144. The summed E-state index contributed by atoms with van der Waals surface area (Å²) in [6, 6.07) is 4.39. The molecule has 0 saturated heterocycles. The van der Waals surface area contributed by atoms with Crippen molar-refractivity contribution in [3.63, 3.8) is 0 Å². The van der Waals surface area contributed by atoms with Gasteiger partial charge in [-0.2, -0.15) is 0 Å². The van der Waals surface area contributed by atoms with E-state index >= 15 is 0 Å². The fourth-order valence-electron chi connectivity index (χ4n) is 1.22. The van der Waals surface area contributed by atoms with Crippen LogP contribution in [-0.4, -0.2) is 13.4 Å². The van der Waals surface area contributed by atoms with Gasteiger partial charge in [-0.25, -0.2) is 4.39 Å². The van der Waals surface area contributed by atoms with Crippen LogP contribution in [0.2, 0.25) is 18.1 Å². The molecule has 0 aliphatic heterocycles. The van der Waals surface area contributed by atoms with Crippen LogP contribution in [0.1, 0.15) is 26.3 Å². The summed E-state index contributed by atoms with van der Waals surface area (Å²) < 4.78 is 19.3. The Balaban J connectivity index is 2.99. The van der Waals surface area contributed by atoms with Crippen molar-refractivity contribution < 1.29 is 13.9 Å². The zero-order valence-electron chi connectivity index (χ0n) is 11.2. The zero-order valence-corrected chi connectivity index (χ0v) is 12.2. The van der Waals surface area contributed by atoms with Gasteiger partial charge in [0.15, 0.2) is 0 Å². The Morgan fingerprint density at radius 2 is 1.82 bits per heavy atom. The highest BCUT2D eigenvalue weighted by Gasteiger charge is 2.39. The third-order valence-corrected chi connectivity index (χ3v) is 7.65. The van der Waals surface area contributed by atoms with Crippen molar-refractivity contribution in [2.24, 2.45) is 0 Å². The van der Waals surface area contributed by atoms with Gasteiger partial charge in [0.1, 0.15) is 11.6 Å². The molecule has 1 aromatic rings. The van der Waals surface area contributed by atoms with Crippen molar-refractivity contribution >= 4 is 8.32 Å². The summed E-state index contributed by atoms with van der Waals surface area (Å²) in [4.78, 5) is 0. The summed E-state index contributed by atoms with van der Waals surface area (Å²) in [6.07, 6.45) is 0. The van der Waals surface area contributed by atoms with Crippen molar-refractivity contribution in [2.75, 3.05) is 0 Å². The number of hydrogen-bond acceptors (Lipinski definition) is 2. The van der Waals surface area contributed by atoms with E-state index in [-0.39, 0.29) is 17.5 Å². The van der Waals surface area contributed by atoms with Gasteiger partial charge < -0.3 is 9.53 Å².